The van der Waals surface area contributed by atoms with E-state index in [1.165, 1.54) is 12.2 Å². The van der Waals surface area contributed by atoms with Crippen LogP contribution in [0.1, 0.15) is 0 Å². The minimum atomic E-state index is -0.281. The molecule has 2 amide bonds. The molecule has 8 nitrogen and oxygen atoms in total. The van der Waals surface area contributed by atoms with E-state index in [-0.39, 0.29) is 17.8 Å². The van der Waals surface area contributed by atoms with E-state index in [1.54, 1.807) is 0 Å². The van der Waals surface area contributed by atoms with Gasteiger partial charge in [-0.2, -0.15) is 0 Å². The Morgan fingerprint density at radius 2 is 1.20 bits per heavy atom. The fraction of sp³-hybridized carbons (Fsp3) is 0. The van der Waals surface area contributed by atoms with Crippen molar-refractivity contribution in [2.45, 2.75) is 0 Å². The highest BCUT2D eigenvalue weighted by Gasteiger charge is 2.16. The fourth-order valence-corrected chi connectivity index (χ4v) is 5.25. The number of hydrogen-bond acceptors (Lipinski definition) is 6. The van der Waals surface area contributed by atoms with E-state index in [4.69, 9.17) is 11.5 Å². The molecular formula is C36H28N6O2. The van der Waals surface area contributed by atoms with Crippen LogP contribution in [0.4, 0.5) is 23.0 Å². The third-order valence-corrected chi connectivity index (χ3v) is 7.30. The lowest BCUT2D eigenvalue weighted by Gasteiger charge is -2.15. The number of nitrogens with zero attached hydrogens (tertiary/aromatic N) is 2. The molecule has 44 heavy (non-hydrogen) atoms. The molecule has 8 heteroatoms. The minimum Gasteiger partial charge on any atom is -0.398 e. The van der Waals surface area contributed by atoms with Gasteiger partial charge < -0.3 is 22.1 Å². The summed E-state index contributed by atoms with van der Waals surface area (Å²) in [6.45, 7) is 7.02. The first-order valence-corrected chi connectivity index (χ1v) is 13.8. The lowest BCUT2D eigenvalue weighted by atomic mass is 9.94. The molecular weight excluding hydrogens is 548 g/mol. The second-order valence-corrected chi connectivity index (χ2v) is 10.2. The standard InChI is InChI=1S/C36H28N6O2/c1-3-32(43)39-26-9-5-7-21(18-26)23-11-14-28-25(17-23)13-16-30(37)34(28)35-29-15-12-24(20-31(29)41-36(38)42-35)22-8-6-10-27(19-22)40-33(44)4-2/h3-20H,1-2,37H2,(H,39,43)(H,40,44)(H2,38,41,42). The zero-order valence-corrected chi connectivity index (χ0v) is 23.7. The van der Waals surface area contributed by atoms with Crippen LogP contribution in [0.2, 0.25) is 0 Å². The van der Waals surface area contributed by atoms with Crippen LogP contribution in [0.25, 0.3) is 55.2 Å². The molecule has 6 aromatic rings. The van der Waals surface area contributed by atoms with Gasteiger partial charge in [0, 0.05) is 28.0 Å². The number of nitrogen functional groups attached to an aromatic ring is 2. The Morgan fingerprint density at radius 3 is 1.82 bits per heavy atom. The summed E-state index contributed by atoms with van der Waals surface area (Å²) >= 11 is 0. The van der Waals surface area contributed by atoms with Crippen molar-refractivity contribution in [2.75, 3.05) is 22.1 Å². The van der Waals surface area contributed by atoms with Crippen molar-refractivity contribution in [2.24, 2.45) is 0 Å². The highest BCUT2D eigenvalue weighted by Crippen LogP contribution is 2.39. The molecule has 6 rings (SSSR count). The van der Waals surface area contributed by atoms with Gasteiger partial charge in [0.15, 0.2) is 0 Å². The summed E-state index contributed by atoms with van der Waals surface area (Å²) in [6.07, 6.45) is 2.47. The van der Waals surface area contributed by atoms with Crippen molar-refractivity contribution in [3.8, 4) is 33.5 Å². The Labute approximate surface area is 253 Å². The van der Waals surface area contributed by atoms with Crippen molar-refractivity contribution in [1.29, 1.82) is 0 Å². The molecule has 0 saturated carbocycles. The number of benzene rings is 5. The van der Waals surface area contributed by atoms with Gasteiger partial charge in [0.2, 0.25) is 17.8 Å². The Balaban J connectivity index is 1.43. The number of aromatic nitrogens is 2. The molecule has 6 N–H and O–H groups in total. The quantitative estimate of drug-likeness (QED) is 0.117. The average molecular weight is 577 g/mol. The third kappa shape index (κ3) is 5.47. The van der Waals surface area contributed by atoms with Gasteiger partial charge in [-0.25, -0.2) is 9.97 Å². The predicted octanol–water partition coefficient (Wildman–Crippen LogP) is 7.20. The second-order valence-electron chi connectivity index (χ2n) is 10.2. The Bertz CT molecular complexity index is 2140. The zero-order valence-electron chi connectivity index (χ0n) is 23.7. The van der Waals surface area contributed by atoms with Crippen LogP contribution in [0.15, 0.2) is 122 Å². The molecule has 0 atom stereocenters. The lowest BCUT2D eigenvalue weighted by molar-refractivity contribution is -0.112. The van der Waals surface area contributed by atoms with Crippen molar-refractivity contribution in [3.63, 3.8) is 0 Å². The molecule has 1 aromatic heterocycles. The van der Waals surface area contributed by atoms with Gasteiger partial charge in [-0.1, -0.05) is 61.7 Å². The maximum absolute atomic E-state index is 11.8. The summed E-state index contributed by atoms with van der Waals surface area (Å²) in [6, 6.07) is 31.0. The van der Waals surface area contributed by atoms with Crippen molar-refractivity contribution < 1.29 is 9.59 Å². The van der Waals surface area contributed by atoms with E-state index in [0.717, 1.165) is 44.0 Å². The van der Waals surface area contributed by atoms with E-state index >= 15 is 0 Å². The van der Waals surface area contributed by atoms with E-state index in [0.29, 0.717) is 28.3 Å². The summed E-state index contributed by atoms with van der Waals surface area (Å²) in [7, 11) is 0. The van der Waals surface area contributed by atoms with Crippen molar-refractivity contribution in [3.05, 3.63) is 122 Å². The average Bonchev–Trinajstić information content (AvgIpc) is 3.04. The second kappa shape index (κ2) is 11.5. The first-order chi connectivity index (χ1) is 21.3. The van der Waals surface area contributed by atoms with Crippen LogP contribution in [0.5, 0.6) is 0 Å². The summed E-state index contributed by atoms with van der Waals surface area (Å²) < 4.78 is 0. The smallest absolute Gasteiger partial charge is 0.247 e. The van der Waals surface area contributed by atoms with Crippen LogP contribution in [0, 0.1) is 0 Å². The highest BCUT2D eigenvalue weighted by molar-refractivity contribution is 6.09. The molecule has 0 bridgehead atoms. The van der Waals surface area contributed by atoms with Gasteiger partial charge in [-0.05, 0) is 93.7 Å². The molecule has 0 aliphatic carbocycles. The minimum absolute atomic E-state index is 0.128. The first-order valence-electron chi connectivity index (χ1n) is 13.8. The number of carbonyl (C=O) groups is 2. The summed E-state index contributed by atoms with van der Waals surface area (Å²) in [5, 5.41) is 8.28. The van der Waals surface area contributed by atoms with Gasteiger partial charge >= 0.3 is 0 Å². The summed E-state index contributed by atoms with van der Waals surface area (Å²) in [5.74, 6) is -0.422. The van der Waals surface area contributed by atoms with E-state index in [2.05, 4.69) is 39.8 Å². The number of carbonyl (C=O) groups excluding carboxylic acids is 2. The summed E-state index contributed by atoms with van der Waals surface area (Å²) in [5.41, 5.74) is 20.5. The topological polar surface area (TPSA) is 136 Å². The van der Waals surface area contributed by atoms with E-state index in [9.17, 15) is 9.59 Å². The number of hydrogen-bond donors (Lipinski definition) is 4. The van der Waals surface area contributed by atoms with Crippen LogP contribution in [0.3, 0.4) is 0 Å². The Kier molecular flexibility index (Phi) is 7.31. The largest absolute Gasteiger partial charge is 0.398 e. The Morgan fingerprint density at radius 1 is 0.636 bits per heavy atom. The monoisotopic (exact) mass is 576 g/mol. The van der Waals surface area contributed by atoms with Crippen molar-refractivity contribution >= 4 is 56.5 Å². The molecule has 0 saturated heterocycles. The van der Waals surface area contributed by atoms with E-state index < -0.39 is 0 Å². The number of nitrogens with one attached hydrogen (secondary N) is 2. The van der Waals surface area contributed by atoms with Gasteiger partial charge in [-0.3, -0.25) is 9.59 Å². The number of fused-ring (bicyclic) bond motifs is 2. The van der Waals surface area contributed by atoms with Gasteiger partial charge in [0.1, 0.15) is 0 Å². The molecule has 0 aliphatic rings. The van der Waals surface area contributed by atoms with Crippen LogP contribution < -0.4 is 22.1 Å². The number of nitrogens with two attached hydrogens (primary N) is 2. The molecule has 5 aromatic carbocycles. The number of amides is 2. The SMILES string of the molecule is C=CC(=O)Nc1cccc(-c2ccc3c(-c4nc(N)nc5cc(-c6cccc(NC(=O)C=C)c6)ccc45)c(N)ccc3c2)c1. The molecule has 0 spiro atoms. The van der Waals surface area contributed by atoms with Gasteiger partial charge in [0.25, 0.3) is 0 Å². The Hall–Kier alpha value is -6.28. The number of anilines is 4. The van der Waals surface area contributed by atoms with Crippen LogP contribution in [-0.4, -0.2) is 21.8 Å². The summed E-state index contributed by atoms with van der Waals surface area (Å²) in [4.78, 5) is 32.8. The molecule has 0 unspecified atom stereocenters. The molecule has 214 valence electrons. The molecule has 0 radical (unpaired) electrons. The molecule has 0 aliphatic heterocycles. The molecule has 1 heterocycles. The van der Waals surface area contributed by atoms with Crippen molar-refractivity contribution in [1.82, 2.24) is 9.97 Å². The van der Waals surface area contributed by atoms with Gasteiger partial charge in [0.05, 0.1) is 11.2 Å². The number of rotatable bonds is 7. The normalized spacial score (nSPS) is 10.8. The highest BCUT2D eigenvalue weighted by atomic mass is 16.2. The van der Waals surface area contributed by atoms with Crippen LogP contribution >= 0.6 is 0 Å². The third-order valence-electron chi connectivity index (χ3n) is 7.30. The fourth-order valence-electron chi connectivity index (χ4n) is 5.25. The van der Waals surface area contributed by atoms with Gasteiger partial charge in [-0.15, -0.1) is 0 Å². The first kappa shape index (κ1) is 27.9. The lowest BCUT2D eigenvalue weighted by Crippen LogP contribution is -2.07. The molecule has 0 fully saturated rings. The predicted molar refractivity (Wildman–Crippen MR) is 180 cm³/mol. The zero-order chi connectivity index (χ0) is 30.8. The van der Waals surface area contributed by atoms with E-state index in [1.807, 2.05) is 91.0 Å². The maximum Gasteiger partial charge on any atom is 0.247 e. The van der Waals surface area contributed by atoms with Crippen LogP contribution in [-0.2, 0) is 9.59 Å². The maximum atomic E-state index is 11.8.